The van der Waals surface area contributed by atoms with Gasteiger partial charge >= 0.3 is 5.97 Å². The first-order valence-electron chi connectivity index (χ1n) is 8.24. The number of benzene rings is 1. The molecule has 0 unspecified atom stereocenters. The van der Waals surface area contributed by atoms with Gasteiger partial charge in [0, 0.05) is 10.6 Å². The number of nitrogens with one attached hydrogen (secondary N) is 1. The average Bonchev–Trinajstić information content (AvgIpc) is 3.03. The molecule has 26 heavy (non-hydrogen) atoms. The van der Waals surface area contributed by atoms with Gasteiger partial charge in [-0.15, -0.1) is 11.3 Å². The molecule has 0 bridgehead atoms. The normalized spacial score (nSPS) is 15.7. The highest BCUT2D eigenvalue weighted by Gasteiger charge is 2.21. The molecule has 1 aliphatic carbocycles. The van der Waals surface area contributed by atoms with Gasteiger partial charge < -0.3 is 10.1 Å². The number of nitriles is 1. The minimum absolute atomic E-state index is 0.251. The number of carbonyl (C=O) groups is 2. The van der Waals surface area contributed by atoms with E-state index in [0.717, 1.165) is 19.3 Å². The van der Waals surface area contributed by atoms with Crippen LogP contribution in [0.1, 0.15) is 39.0 Å². The van der Waals surface area contributed by atoms with E-state index in [0.29, 0.717) is 22.0 Å². The number of halogens is 1. The fraction of sp³-hybridized carbons (Fsp3) is 0.316. The summed E-state index contributed by atoms with van der Waals surface area (Å²) in [6.45, 7) is 1.83. The summed E-state index contributed by atoms with van der Waals surface area (Å²) in [6.07, 6.45) is 3.12. The van der Waals surface area contributed by atoms with Crippen molar-refractivity contribution in [2.75, 3.05) is 11.9 Å². The van der Waals surface area contributed by atoms with E-state index in [9.17, 15) is 9.59 Å². The Kier molecular flexibility index (Phi) is 5.60. The summed E-state index contributed by atoms with van der Waals surface area (Å²) in [5.74, 6) is -0.315. The van der Waals surface area contributed by atoms with Crippen molar-refractivity contribution in [3.05, 3.63) is 50.2 Å². The summed E-state index contributed by atoms with van der Waals surface area (Å²) in [5, 5.41) is 11.7. The van der Waals surface area contributed by atoms with Crippen LogP contribution in [0.15, 0.2) is 24.3 Å². The Balaban J connectivity index is 1.55. The fourth-order valence-electron chi connectivity index (χ4n) is 2.89. The van der Waals surface area contributed by atoms with Crippen molar-refractivity contribution in [3.8, 4) is 6.07 Å². The molecule has 1 N–H and O–H groups in total. The van der Waals surface area contributed by atoms with E-state index in [1.54, 1.807) is 6.07 Å². The molecule has 0 spiro atoms. The number of carbonyl (C=O) groups excluding carboxylic acids is 2. The summed E-state index contributed by atoms with van der Waals surface area (Å²) in [7, 11) is 0. The van der Waals surface area contributed by atoms with Gasteiger partial charge in [0.2, 0.25) is 0 Å². The van der Waals surface area contributed by atoms with Crippen LogP contribution in [-0.2, 0) is 22.4 Å². The maximum Gasteiger partial charge on any atom is 0.348 e. The van der Waals surface area contributed by atoms with Crippen LogP contribution in [-0.4, -0.2) is 18.5 Å². The summed E-state index contributed by atoms with van der Waals surface area (Å²) in [5.41, 5.74) is 1.99. The minimum atomic E-state index is -0.481. The molecule has 3 rings (SSSR count). The number of hydrogen-bond acceptors (Lipinski definition) is 5. The summed E-state index contributed by atoms with van der Waals surface area (Å²) in [4.78, 5) is 25.9. The largest absolute Gasteiger partial charge is 0.451 e. The number of amides is 1. The summed E-state index contributed by atoms with van der Waals surface area (Å²) < 4.78 is 5.12. The number of ether oxygens (including phenoxy) is 1. The van der Waals surface area contributed by atoms with Crippen LogP contribution in [0.2, 0.25) is 5.02 Å². The van der Waals surface area contributed by atoms with Crippen molar-refractivity contribution in [1.29, 1.82) is 5.26 Å². The molecule has 1 aliphatic rings. The highest BCUT2D eigenvalue weighted by molar-refractivity contribution is 7.14. The molecule has 0 fully saturated rings. The first-order chi connectivity index (χ1) is 12.5. The number of aryl methyl sites for hydroxylation is 1. The smallest absolute Gasteiger partial charge is 0.348 e. The van der Waals surface area contributed by atoms with E-state index in [2.05, 4.69) is 12.2 Å². The number of thiophene rings is 1. The van der Waals surface area contributed by atoms with E-state index in [4.69, 9.17) is 21.6 Å². The molecule has 5 nitrogen and oxygen atoms in total. The third kappa shape index (κ3) is 4.24. The van der Waals surface area contributed by atoms with Gasteiger partial charge in [0.15, 0.2) is 6.61 Å². The van der Waals surface area contributed by atoms with Crippen LogP contribution in [0, 0.1) is 17.2 Å². The first kappa shape index (κ1) is 18.4. The molecule has 7 heteroatoms. The Morgan fingerprint density at radius 3 is 2.96 bits per heavy atom. The van der Waals surface area contributed by atoms with Crippen LogP contribution >= 0.6 is 22.9 Å². The molecule has 1 amide bonds. The lowest BCUT2D eigenvalue weighted by Crippen LogP contribution is -2.20. The third-order valence-electron chi connectivity index (χ3n) is 4.24. The fourth-order valence-corrected chi connectivity index (χ4v) is 4.21. The standard InChI is InChI=1S/C19H17ClN2O3S/c1-11-2-5-16-13(6-11)7-17(26-16)19(24)25-10-18(23)22-14-4-3-12(9-21)15(20)8-14/h3-4,7-8,11H,2,5-6,10H2,1H3,(H,22,23)/t11-/m0/s1. The molecule has 134 valence electrons. The molecule has 1 atom stereocenters. The molecule has 0 saturated carbocycles. The number of rotatable bonds is 4. The number of hydrogen-bond donors (Lipinski definition) is 1. The lowest BCUT2D eigenvalue weighted by atomic mass is 9.90. The maximum absolute atomic E-state index is 12.2. The van der Waals surface area contributed by atoms with E-state index in [-0.39, 0.29) is 11.6 Å². The molecule has 0 aliphatic heterocycles. The second-order valence-electron chi connectivity index (χ2n) is 6.34. The van der Waals surface area contributed by atoms with Gasteiger partial charge in [-0.3, -0.25) is 4.79 Å². The SMILES string of the molecule is C[C@H]1CCc2sc(C(=O)OCC(=O)Nc3ccc(C#N)c(Cl)c3)cc2C1. The van der Waals surface area contributed by atoms with Gasteiger partial charge in [0.25, 0.3) is 5.91 Å². The van der Waals surface area contributed by atoms with E-state index < -0.39 is 11.9 Å². The molecule has 0 saturated heterocycles. The lowest BCUT2D eigenvalue weighted by Gasteiger charge is -2.16. The van der Waals surface area contributed by atoms with Crippen LogP contribution < -0.4 is 5.32 Å². The number of esters is 1. The summed E-state index contributed by atoms with van der Waals surface area (Å²) >= 11 is 7.38. The lowest BCUT2D eigenvalue weighted by molar-refractivity contribution is -0.119. The van der Waals surface area contributed by atoms with Crippen molar-refractivity contribution in [1.82, 2.24) is 0 Å². The average molecular weight is 389 g/mol. The van der Waals surface area contributed by atoms with Crippen molar-refractivity contribution in [2.24, 2.45) is 5.92 Å². The topological polar surface area (TPSA) is 79.2 Å². The van der Waals surface area contributed by atoms with Gasteiger partial charge in [-0.05, 0) is 55.0 Å². The highest BCUT2D eigenvalue weighted by Crippen LogP contribution is 2.32. The van der Waals surface area contributed by atoms with Crippen LogP contribution in [0.25, 0.3) is 0 Å². The van der Waals surface area contributed by atoms with E-state index >= 15 is 0 Å². The molecule has 0 radical (unpaired) electrons. The molecule has 1 aromatic carbocycles. The van der Waals surface area contributed by atoms with Crippen molar-refractivity contribution >= 4 is 40.5 Å². The zero-order valence-electron chi connectivity index (χ0n) is 14.2. The second kappa shape index (κ2) is 7.90. The highest BCUT2D eigenvalue weighted by atomic mass is 35.5. The van der Waals surface area contributed by atoms with Crippen LogP contribution in [0.5, 0.6) is 0 Å². The first-order valence-corrected chi connectivity index (χ1v) is 9.44. The molecular formula is C19H17ClN2O3S. The van der Waals surface area contributed by atoms with Crippen LogP contribution in [0.4, 0.5) is 5.69 Å². The molecular weight excluding hydrogens is 372 g/mol. The third-order valence-corrected chi connectivity index (χ3v) is 5.77. The Morgan fingerprint density at radius 2 is 2.23 bits per heavy atom. The molecule has 2 aromatic rings. The number of anilines is 1. The predicted octanol–water partition coefficient (Wildman–Crippen LogP) is 4.19. The van der Waals surface area contributed by atoms with E-state index in [1.807, 2.05) is 12.1 Å². The quantitative estimate of drug-likeness (QED) is 0.796. The zero-order valence-corrected chi connectivity index (χ0v) is 15.7. The summed E-state index contributed by atoms with van der Waals surface area (Å²) in [6, 6.07) is 8.39. The monoisotopic (exact) mass is 388 g/mol. The zero-order chi connectivity index (χ0) is 18.7. The maximum atomic E-state index is 12.2. The van der Waals surface area contributed by atoms with Gasteiger partial charge in [-0.1, -0.05) is 18.5 Å². The van der Waals surface area contributed by atoms with Gasteiger partial charge in [0.1, 0.15) is 10.9 Å². The Hall–Kier alpha value is -2.36. The van der Waals surface area contributed by atoms with Crippen LogP contribution in [0.3, 0.4) is 0 Å². The van der Waals surface area contributed by atoms with Gasteiger partial charge in [0.05, 0.1) is 10.6 Å². The Bertz CT molecular complexity index is 901. The number of fused-ring (bicyclic) bond motifs is 1. The Labute approximate surface area is 160 Å². The molecule has 1 aromatic heterocycles. The van der Waals surface area contributed by atoms with Crippen molar-refractivity contribution < 1.29 is 14.3 Å². The molecule has 1 heterocycles. The second-order valence-corrected chi connectivity index (χ2v) is 7.88. The van der Waals surface area contributed by atoms with E-state index in [1.165, 1.54) is 33.9 Å². The Morgan fingerprint density at radius 1 is 1.42 bits per heavy atom. The number of nitrogens with zero attached hydrogens (tertiary/aromatic N) is 1. The van der Waals surface area contributed by atoms with Gasteiger partial charge in [-0.25, -0.2) is 4.79 Å². The van der Waals surface area contributed by atoms with Crippen molar-refractivity contribution in [2.45, 2.75) is 26.2 Å². The minimum Gasteiger partial charge on any atom is -0.451 e. The van der Waals surface area contributed by atoms with Crippen molar-refractivity contribution in [3.63, 3.8) is 0 Å². The predicted molar refractivity (Wildman–Crippen MR) is 101 cm³/mol. The van der Waals surface area contributed by atoms with Gasteiger partial charge in [-0.2, -0.15) is 5.26 Å².